The number of carbonyl (C=O) groups excluding carboxylic acids is 1. The predicted molar refractivity (Wildman–Crippen MR) is 70.9 cm³/mol. The highest BCUT2D eigenvalue weighted by atomic mass is 16.5. The Balaban J connectivity index is 2.12. The molecule has 0 saturated carbocycles. The molecule has 1 saturated heterocycles. The summed E-state index contributed by atoms with van der Waals surface area (Å²) < 4.78 is 5.34. The summed E-state index contributed by atoms with van der Waals surface area (Å²) in [5, 5.41) is 12.2. The molecule has 1 unspecified atom stereocenters. The van der Waals surface area contributed by atoms with Gasteiger partial charge < -0.3 is 15.0 Å². The van der Waals surface area contributed by atoms with Crippen LogP contribution in [0, 0.1) is 11.3 Å². The lowest BCUT2D eigenvalue weighted by Crippen LogP contribution is -2.53. The molecule has 0 aliphatic carbocycles. The van der Waals surface area contributed by atoms with Crippen molar-refractivity contribution < 1.29 is 9.53 Å². The second-order valence-electron chi connectivity index (χ2n) is 4.30. The molecule has 1 N–H and O–H groups in total. The zero-order valence-corrected chi connectivity index (χ0v) is 10.9. The summed E-state index contributed by atoms with van der Waals surface area (Å²) in [5.74, 6) is 0.646. The van der Waals surface area contributed by atoms with Gasteiger partial charge in [0, 0.05) is 25.2 Å². The number of rotatable bonds is 3. The summed E-state index contributed by atoms with van der Waals surface area (Å²) in [7, 11) is 0. The average molecular weight is 259 g/mol. The van der Waals surface area contributed by atoms with Crippen LogP contribution in [0.2, 0.25) is 0 Å². The van der Waals surface area contributed by atoms with Gasteiger partial charge in [0.25, 0.3) is 5.91 Å². The van der Waals surface area contributed by atoms with E-state index in [-0.39, 0.29) is 5.91 Å². The van der Waals surface area contributed by atoms with E-state index in [2.05, 4.69) is 11.4 Å². The quantitative estimate of drug-likeness (QED) is 0.880. The maximum atomic E-state index is 12.3. The van der Waals surface area contributed by atoms with Gasteiger partial charge in [-0.2, -0.15) is 5.26 Å². The van der Waals surface area contributed by atoms with E-state index in [9.17, 15) is 4.79 Å². The van der Waals surface area contributed by atoms with Gasteiger partial charge in [-0.1, -0.05) is 0 Å². The third-order valence-electron chi connectivity index (χ3n) is 3.07. The van der Waals surface area contributed by atoms with Gasteiger partial charge in [0.05, 0.1) is 12.7 Å². The normalized spacial score (nSPS) is 18.7. The molecule has 0 bridgehead atoms. The Labute approximate surface area is 112 Å². The number of ether oxygens (including phenoxy) is 1. The van der Waals surface area contributed by atoms with Crippen LogP contribution in [-0.2, 0) is 0 Å². The lowest BCUT2D eigenvalue weighted by Gasteiger charge is -2.32. The Morgan fingerprint density at radius 1 is 1.53 bits per heavy atom. The summed E-state index contributed by atoms with van der Waals surface area (Å²) in [6.45, 7) is 4.32. The smallest absolute Gasteiger partial charge is 0.255 e. The fourth-order valence-electron chi connectivity index (χ4n) is 2.09. The molecule has 0 aromatic heterocycles. The molecule has 1 fully saturated rings. The Bertz CT molecular complexity index is 478. The lowest BCUT2D eigenvalue weighted by molar-refractivity contribution is 0.0687. The summed E-state index contributed by atoms with van der Waals surface area (Å²) in [5.41, 5.74) is 0.589. The maximum absolute atomic E-state index is 12.3. The fraction of sp³-hybridized carbons (Fsp3) is 0.429. The summed E-state index contributed by atoms with van der Waals surface area (Å²) >= 11 is 0. The van der Waals surface area contributed by atoms with E-state index in [1.54, 1.807) is 29.2 Å². The third-order valence-corrected chi connectivity index (χ3v) is 3.07. The highest BCUT2D eigenvalue weighted by molar-refractivity contribution is 5.94. The van der Waals surface area contributed by atoms with E-state index >= 15 is 0 Å². The van der Waals surface area contributed by atoms with Crippen molar-refractivity contribution in [3.63, 3.8) is 0 Å². The molecule has 100 valence electrons. The molecule has 19 heavy (non-hydrogen) atoms. The Hall–Kier alpha value is -2.06. The van der Waals surface area contributed by atoms with Gasteiger partial charge in [0.1, 0.15) is 11.8 Å². The van der Waals surface area contributed by atoms with Gasteiger partial charge in [0.15, 0.2) is 0 Å². The molecule has 1 aromatic rings. The van der Waals surface area contributed by atoms with Gasteiger partial charge in [0.2, 0.25) is 0 Å². The Kier molecular flexibility index (Phi) is 4.37. The number of piperazine rings is 1. The molecule has 5 nitrogen and oxygen atoms in total. The molecule has 1 aromatic carbocycles. The summed E-state index contributed by atoms with van der Waals surface area (Å²) in [6.07, 6.45) is 0. The van der Waals surface area contributed by atoms with E-state index in [0.717, 1.165) is 12.3 Å². The number of hydrogen-bond donors (Lipinski definition) is 1. The van der Waals surface area contributed by atoms with Crippen molar-refractivity contribution in [3.8, 4) is 11.8 Å². The van der Waals surface area contributed by atoms with E-state index in [1.807, 2.05) is 6.92 Å². The third kappa shape index (κ3) is 3.04. The molecule has 1 aliphatic heterocycles. The Morgan fingerprint density at radius 3 is 2.89 bits per heavy atom. The number of benzene rings is 1. The van der Waals surface area contributed by atoms with Crippen LogP contribution in [0.3, 0.4) is 0 Å². The molecule has 0 spiro atoms. The highest BCUT2D eigenvalue weighted by Crippen LogP contribution is 2.15. The van der Waals surface area contributed by atoms with Gasteiger partial charge in [-0.15, -0.1) is 0 Å². The van der Waals surface area contributed by atoms with Crippen molar-refractivity contribution in [3.05, 3.63) is 29.8 Å². The zero-order chi connectivity index (χ0) is 13.7. The topological polar surface area (TPSA) is 65.4 Å². The van der Waals surface area contributed by atoms with E-state index < -0.39 is 6.04 Å². The van der Waals surface area contributed by atoms with Crippen molar-refractivity contribution in [2.45, 2.75) is 13.0 Å². The average Bonchev–Trinajstić information content (AvgIpc) is 2.47. The van der Waals surface area contributed by atoms with E-state index in [1.165, 1.54) is 0 Å². The van der Waals surface area contributed by atoms with Crippen molar-refractivity contribution in [2.75, 3.05) is 26.2 Å². The lowest BCUT2D eigenvalue weighted by atomic mass is 10.1. The van der Waals surface area contributed by atoms with Crippen molar-refractivity contribution in [1.29, 1.82) is 5.26 Å². The predicted octanol–water partition coefficient (Wildman–Crippen LogP) is 1.02. The standard InChI is InChI=1S/C14H17N3O2/c1-2-19-13-5-3-11(4-6-13)14(18)17-8-7-16-10-12(17)9-15/h3-6,12,16H,2,7-8,10H2,1H3. The molecule has 1 aliphatic rings. The zero-order valence-electron chi connectivity index (χ0n) is 10.9. The Morgan fingerprint density at radius 2 is 2.26 bits per heavy atom. The van der Waals surface area contributed by atoms with Gasteiger partial charge in [-0.05, 0) is 31.2 Å². The second kappa shape index (κ2) is 6.21. The van der Waals surface area contributed by atoms with Crippen molar-refractivity contribution in [2.24, 2.45) is 0 Å². The minimum Gasteiger partial charge on any atom is -0.494 e. The molecule has 5 heteroatoms. The first-order valence-corrected chi connectivity index (χ1v) is 6.40. The van der Waals surface area contributed by atoms with Crippen LogP contribution in [0.5, 0.6) is 5.75 Å². The first kappa shape index (κ1) is 13.4. The number of nitrogens with zero attached hydrogens (tertiary/aromatic N) is 2. The van der Waals surface area contributed by atoms with E-state index in [0.29, 0.717) is 25.3 Å². The number of carbonyl (C=O) groups is 1. The molecule has 0 radical (unpaired) electrons. The molecule has 2 rings (SSSR count). The molecule has 1 amide bonds. The number of nitriles is 1. The first-order valence-electron chi connectivity index (χ1n) is 6.40. The van der Waals surface area contributed by atoms with Crippen LogP contribution < -0.4 is 10.1 Å². The van der Waals surface area contributed by atoms with Crippen molar-refractivity contribution in [1.82, 2.24) is 10.2 Å². The highest BCUT2D eigenvalue weighted by Gasteiger charge is 2.26. The maximum Gasteiger partial charge on any atom is 0.255 e. The fourth-order valence-corrected chi connectivity index (χ4v) is 2.09. The minimum absolute atomic E-state index is 0.101. The summed E-state index contributed by atoms with van der Waals surface area (Å²) in [6, 6.07) is 8.79. The van der Waals surface area contributed by atoms with Crippen molar-refractivity contribution >= 4 is 5.91 Å². The molecular weight excluding hydrogens is 242 g/mol. The molecule has 1 heterocycles. The second-order valence-corrected chi connectivity index (χ2v) is 4.30. The number of hydrogen-bond acceptors (Lipinski definition) is 4. The minimum atomic E-state index is -0.396. The SMILES string of the molecule is CCOc1ccc(C(=O)N2CCNCC2C#N)cc1. The molecule has 1 atom stereocenters. The van der Waals surface area contributed by atoms with Crippen LogP contribution in [0.15, 0.2) is 24.3 Å². The largest absolute Gasteiger partial charge is 0.494 e. The summed E-state index contributed by atoms with van der Waals surface area (Å²) in [4.78, 5) is 14.0. The molecular formula is C14H17N3O2. The van der Waals surface area contributed by atoms with Crippen LogP contribution in [-0.4, -0.2) is 43.1 Å². The van der Waals surface area contributed by atoms with Crippen LogP contribution in [0.4, 0.5) is 0 Å². The monoisotopic (exact) mass is 259 g/mol. The number of amides is 1. The van der Waals surface area contributed by atoms with Crippen LogP contribution in [0.25, 0.3) is 0 Å². The van der Waals surface area contributed by atoms with Gasteiger partial charge in [-0.25, -0.2) is 0 Å². The number of nitrogens with one attached hydrogen (secondary N) is 1. The van der Waals surface area contributed by atoms with Gasteiger partial charge in [-0.3, -0.25) is 4.79 Å². The van der Waals surface area contributed by atoms with Gasteiger partial charge >= 0.3 is 0 Å². The van der Waals surface area contributed by atoms with Crippen LogP contribution >= 0.6 is 0 Å². The first-order chi connectivity index (χ1) is 9.26. The van der Waals surface area contributed by atoms with E-state index in [4.69, 9.17) is 10.00 Å². The van der Waals surface area contributed by atoms with Crippen LogP contribution in [0.1, 0.15) is 17.3 Å².